The van der Waals surface area contributed by atoms with Gasteiger partial charge in [-0.05, 0) is 13.0 Å². The summed E-state index contributed by atoms with van der Waals surface area (Å²) in [5.41, 5.74) is 0. The van der Waals surface area contributed by atoms with Gasteiger partial charge in [0.1, 0.15) is 0 Å². The van der Waals surface area contributed by atoms with Crippen molar-refractivity contribution in [3.8, 4) is 0 Å². The first kappa shape index (κ1) is 9.99. The van der Waals surface area contributed by atoms with E-state index in [0.29, 0.717) is 11.5 Å². The summed E-state index contributed by atoms with van der Waals surface area (Å²) in [5.74, 6) is 0.716. The first-order valence-corrected chi connectivity index (χ1v) is 6.39. The van der Waals surface area contributed by atoms with E-state index >= 15 is 0 Å². The quantitative estimate of drug-likeness (QED) is 0.652. The molecule has 0 bridgehead atoms. The van der Waals surface area contributed by atoms with Gasteiger partial charge in [0, 0.05) is 13.1 Å². The number of nitrogens with zero attached hydrogens (tertiary/aromatic N) is 1. The molecule has 72 valence electrons. The predicted molar refractivity (Wildman–Crippen MR) is 50.0 cm³/mol. The van der Waals surface area contributed by atoms with Crippen LogP contribution in [0.1, 0.15) is 19.8 Å². The van der Waals surface area contributed by atoms with Crippen LogP contribution in [-0.2, 0) is 9.84 Å². The van der Waals surface area contributed by atoms with Crippen LogP contribution in [0.2, 0.25) is 0 Å². The van der Waals surface area contributed by atoms with Gasteiger partial charge in [0.25, 0.3) is 0 Å². The Morgan fingerprint density at radius 3 is 2.33 bits per heavy atom. The molecule has 1 saturated heterocycles. The Morgan fingerprint density at radius 1 is 1.25 bits per heavy atom. The molecule has 0 aromatic heterocycles. The van der Waals surface area contributed by atoms with Gasteiger partial charge in [-0.2, -0.15) is 0 Å². The fraction of sp³-hybridized carbons (Fsp3) is 1.00. The first-order chi connectivity index (χ1) is 5.64. The Morgan fingerprint density at radius 2 is 1.83 bits per heavy atom. The molecule has 3 nitrogen and oxygen atoms in total. The molecule has 0 amide bonds. The van der Waals surface area contributed by atoms with Crippen LogP contribution in [0.5, 0.6) is 0 Å². The average Bonchev–Trinajstić information content (AvgIpc) is 2.03. The lowest BCUT2D eigenvalue weighted by atomic mass is 10.3. The van der Waals surface area contributed by atoms with Crippen molar-refractivity contribution in [2.45, 2.75) is 19.8 Å². The Balaban J connectivity index is 2.27. The minimum absolute atomic E-state index is 0.358. The van der Waals surface area contributed by atoms with Crippen molar-refractivity contribution in [3.63, 3.8) is 0 Å². The van der Waals surface area contributed by atoms with E-state index < -0.39 is 9.84 Å². The van der Waals surface area contributed by atoms with E-state index in [1.807, 2.05) is 0 Å². The highest BCUT2D eigenvalue weighted by molar-refractivity contribution is 7.91. The molecule has 0 N–H and O–H groups in total. The average molecular weight is 191 g/mol. The second-order valence-corrected chi connectivity index (χ2v) is 5.65. The maximum absolute atomic E-state index is 11.0. The van der Waals surface area contributed by atoms with Crippen LogP contribution in [0.15, 0.2) is 0 Å². The molecule has 12 heavy (non-hydrogen) atoms. The van der Waals surface area contributed by atoms with Gasteiger partial charge in [-0.15, -0.1) is 0 Å². The van der Waals surface area contributed by atoms with E-state index in [2.05, 4.69) is 11.8 Å². The second-order valence-electron chi connectivity index (χ2n) is 3.35. The van der Waals surface area contributed by atoms with E-state index in [4.69, 9.17) is 0 Å². The molecule has 1 rings (SSSR count). The molecule has 0 aromatic carbocycles. The summed E-state index contributed by atoms with van der Waals surface area (Å²) in [5, 5.41) is 0. The smallest absolute Gasteiger partial charge is 0.152 e. The molecule has 1 fully saturated rings. The van der Waals surface area contributed by atoms with Crippen molar-refractivity contribution in [1.82, 2.24) is 4.90 Å². The number of hydrogen-bond acceptors (Lipinski definition) is 3. The fourth-order valence-electron chi connectivity index (χ4n) is 1.36. The maximum atomic E-state index is 11.0. The molecule has 0 spiro atoms. The van der Waals surface area contributed by atoms with Crippen LogP contribution in [0.4, 0.5) is 0 Å². The van der Waals surface area contributed by atoms with Crippen molar-refractivity contribution < 1.29 is 8.42 Å². The van der Waals surface area contributed by atoms with Crippen LogP contribution < -0.4 is 0 Å². The number of unbranched alkanes of at least 4 members (excludes halogenated alkanes) is 1. The lowest BCUT2D eigenvalue weighted by Crippen LogP contribution is -2.40. The van der Waals surface area contributed by atoms with Crippen LogP contribution in [0.3, 0.4) is 0 Å². The summed E-state index contributed by atoms with van der Waals surface area (Å²) in [6.07, 6.45) is 2.36. The van der Waals surface area contributed by atoms with E-state index in [0.717, 1.165) is 19.6 Å². The van der Waals surface area contributed by atoms with Crippen molar-refractivity contribution >= 4 is 9.84 Å². The van der Waals surface area contributed by atoms with Gasteiger partial charge in [-0.3, -0.25) is 0 Å². The summed E-state index contributed by atoms with van der Waals surface area (Å²) in [7, 11) is -2.68. The highest BCUT2D eigenvalue weighted by Crippen LogP contribution is 2.04. The van der Waals surface area contributed by atoms with E-state index in [-0.39, 0.29) is 0 Å². The molecular formula is C8H17NO2S. The third-order valence-corrected chi connectivity index (χ3v) is 3.87. The molecule has 0 atom stereocenters. The number of sulfone groups is 1. The van der Waals surface area contributed by atoms with E-state index in [1.54, 1.807) is 0 Å². The lowest BCUT2D eigenvalue weighted by molar-refractivity contribution is 0.291. The lowest BCUT2D eigenvalue weighted by Gasteiger charge is -2.26. The Hall–Kier alpha value is -0.0900. The summed E-state index contributed by atoms with van der Waals surface area (Å²) in [6, 6.07) is 0. The van der Waals surface area contributed by atoms with Gasteiger partial charge in [-0.1, -0.05) is 13.3 Å². The topological polar surface area (TPSA) is 37.4 Å². The third-order valence-electron chi connectivity index (χ3n) is 2.26. The van der Waals surface area contributed by atoms with Gasteiger partial charge >= 0.3 is 0 Å². The fourth-order valence-corrected chi connectivity index (χ4v) is 2.63. The maximum Gasteiger partial charge on any atom is 0.152 e. The second kappa shape index (κ2) is 4.23. The number of rotatable bonds is 3. The van der Waals surface area contributed by atoms with Crippen molar-refractivity contribution in [1.29, 1.82) is 0 Å². The Kier molecular flexibility index (Phi) is 3.53. The van der Waals surface area contributed by atoms with E-state index in [9.17, 15) is 8.42 Å². The van der Waals surface area contributed by atoms with Crippen molar-refractivity contribution in [2.24, 2.45) is 0 Å². The minimum atomic E-state index is -2.68. The largest absolute Gasteiger partial charge is 0.301 e. The molecular weight excluding hydrogens is 174 g/mol. The zero-order valence-corrected chi connectivity index (χ0v) is 8.44. The molecule has 0 radical (unpaired) electrons. The molecule has 1 aliphatic rings. The summed E-state index contributed by atoms with van der Waals surface area (Å²) in [4.78, 5) is 2.24. The van der Waals surface area contributed by atoms with Crippen LogP contribution >= 0.6 is 0 Å². The zero-order valence-electron chi connectivity index (χ0n) is 7.62. The third kappa shape index (κ3) is 3.11. The molecule has 0 saturated carbocycles. The zero-order chi connectivity index (χ0) is 9.03. The molecule has 0 aromatic rings. The van der Waals surface area contributed by atoms with Crippen molar-refractivity contribution in [2.75, 3.05) is 31.1 Å². The van der Waals surface area contributed by atoms with Gasteiger partial charge in [0.05, 0.1) is 11.5 Å². The number of hydrogen-bond donors (Lipinski definition) is 0. The summed E-state index contributed by atoms with van der Waals surface area (Å²) < 4.78 is 22.1. The standard InChI is InChI=1S/C8H17NO2S/c1-2-3-4-9-5-7-12(10,11)8-6-9/h2-8H2,1H3. The minimum Gasteiger partial charge on any atom is -0.301 e. The molecule has 0 unspecified atom stereocenters. The van der Waals surface area contributed by atoms with Gasteiger partial charge in [0.15, 0.2) is 9.84 Å². The van der Waals surface area contributed by atoms with Crippen LogP contribution in [-0.4, -0.2) is 44.5 Å². The summed E-state index contributed by atoms with van der Waals surface area (Å²) in [6.45, 7) is 4.69. The molecule has 0 aliphatic carbocycles. The van der Waals surface area contributed by atoms with Crippen LogP contribution in [0, 0.1) is 0 Å². The van der Waals surface area contributed by atoms with Gasteiger partial charge < -0.3 is 4.90 Å². The Labute approximate surface area is 74.7 Å². The van der Waals surface area contributed by atoms with Gasteiger partial charge in [0.2, 0.25) is 0 Å². The highest BCUT2D eigenvalue weighted by Gasteiger charge is 2.20. The van der Waals surface area contributed by atoms with E-state index in [1.165, 1.54) is 12.8 Å². The normalized spacial score (nSPS) is 24.1. The molecule has 1 heterocycles. The predicted octanol–water partition coefficient (Wildman–Crippen LogP) is 0.517. The summed E-state index contributed by atoms with van der Waals surface area (Å²) >= 11 is 0. The molecule has 1 aliphatic heterocycles. The highest BCUT2D eigenvalue weighted by atomic mass is 32.2. The van der Waals surface area contributed by atoms with Gasteiger partial charge in [-0.25, -0.2) is 8.42 Å². The Bertz CT molecular complexity index is 209. The SMILES string of the molecule is CCCCN1CCS(=O)(=O)CC1. The van der Waals surface area contributed by atoms with Crippen LogP contribution in [0.25, 0.3) is 0 Å². The van der Waals surface area contributed by atoms with Crippen molar-refractivity contribution in [3.05, 3.63) is 0 Å². The monoisotopic (exact) mass is 191 g/mol. The molecule has 4 heteroatoms. The first-order valence-electron chi connectivity index (χ1n) is 4.57.